The van der Waals surface area contributed by atoms with Gasteiger partial charge in [-0.3, -0.25) is 47.6 Å². The van der Waals surface area contributed by atoms with E-state index in [4.69, 9.17) is 0 Å². The van der Waals surface area contributed by atoms with Gasteiger partial charge >= 0.3 is 0 Å². The molecule has 6 heterocycles. The second-order valence-electron chi connectivity index (χ2n) is 16.4. The van der Waals surface area contributed by atoms with Crippen molar-refractivity contribution in [3.63, 3.8) is 0 Å². The molecule has 1 aromatic heterocycles. The first-order valence-electron chi connectivity index (χ1n) is 19.3. The van der Waals surface area contributed by atoms with Crippen molar-refractivity contribution in [1.29, 1.82) is 0 Å². The number of aromatic nitrogens is 2. The van der Waals surface area contributed by atoms with Crippen LogP contribution in [0.4, 0.5) is 0 Å². The molecular weight excluding hydrogens is 633 g/mol. The number of aromatic amines is 1. The fourth-order valence-corrected chi connectivity index (χ4v) is 12.2. The Hall–Kier alpha value is -0.656. The van der Waals surface area contributed by atoms with Gasteiger partial charge < -0.3 is 6.15 Å². The second-order valence-corrected chi connectivity index (χ2v) is 16.4. The Bertz CT molecular complexity index is 886. The van der Waals surface area contributed by atoms with E-state index in [0.717, 1.165) is 47.3 Å². The SMILES string of the molecule is C1CCC2C3NC(NC4NC(NC5NC(NC6NC(N3)C3CCCCC63)C3CCCCC53)C3CCCCC43)C2C1.N.[Ni].c1cn[nH]c1. The minimum absolute atomic E-state index is 0. The van der Waals surface area contributed by atoms with Gasteiger partial charge in [-0.1, -0.05) is 51.4 Å². The van der Waals surface area contributed by atoms with E-state index in [-0.39, 0.29) is 22.6 Å². The standard InChI is InChI=1S/C32H56N8.C3H4N2.H3N.Ni/c1-2-10-18-17(9-1)25-33-26(18)38-28-21-13-5-6-14-22(21)30(35-28)40-32-24-16-8-7-15-23(24)31(36-32)39-29-20-12-4-3-11-19(20)27(34-29)37-25;1-2-4-5-3-1;;/h17-40H,1-16H2;1-3H,(H,4,5);1H3;. The van der Waals surface area contributed by atoms with Crippen LogP contribution in [0.1, 0.15) is 103 Å². The molecule has 1 aromatic rings. The summed E-state index contributed by atoms with van der Waals surface area (Å²) in [5, 5.41) is 40.0. The first kappa shape index (κ1) is 34.8. The number of nitrogens with zero attached hydrogens (tertiary/aromatic N) is 1. The molecule has 8 atom stereocenters. The Morgan fingerprint density at radius 1 is 0.362 bits per heavy atom. The van der Waals surface area contributed by atoms with Gasteiger partial charge in [0.15, 0.2) is 0 Å². The summed E-state index contributed by atoms with van der Waals surface area (Å²) >= 11 is 0. The van der Waals surface area contributed by atoms with Crippen LogP contribution in [0, 0.1) is 47.3 Å². The Kier molecular flexibility index (Phi) is 11.3. The summed E-state index contributed by atoms with van der Waals surface area (Å²) in [5.74, 6) is 5.97. The quantitative estimate of drug-likeness (QED) is 0.183. The summed E-state index contributed by atoms with van der Waals surface area (Å²) in [6.45, 7) is 0. The van der Waals surface area contributed by atoms with Gasteiger partial charge in [0.2, 0.25) is 0 Å². The molecule has 9 aliphatic rings. The Labute approximate surface area is 292 Å². The summed E-state index contributed by atoms with van der Waals surface area (Å²) in [6.07, 6.45) is 29.0. The number of rotatable bonds is 0. The van der Waals surface area contributed by atoms with E-state index in [2.05, 4.69) is 52.7 Å². The van der Waals surface area contributed by atoms with Crippen LogP contribution >= 0.6 is 0 Å². The van der Waals surface area contributed by atoms with E-state index in [1.807, 2.05) is 6.07 Å². The molecule has 268 valence electrons. The van der Waals surface area contributed by atoms with Crippen molar-refractivity contribution < 1.29 is 16.5 Å². The van der Waals surface area contributed by atoms with E-state index < -0.39 is 0 Å². The molecule has 0 aromatic carbocycles. The first-order valence-corrected chi connectivity index (χ1v) is 19.3. The minimum atomic E-state index is 0. The van der Waals surface area contributed by atoms with Crippen molar-refractivity contribution in [3.8, 4) is 0 Å². The minimum Gasteiger partial charge on any atom is -0.344 e. The maximum absolute atomic E-state index is 4.26. The zero-order valence-corrected chi connectivity index (χ0v) is 29.2. The maximum Gasteiger partial charge on any atom is 0.0628 e. The molecule has 8 unspecified atom stereocenters. The van der Waals surface area contributed by atoms with E-state index >= 15 is 0 Å². The molecular formula is C35H63N11Ni. The van der Waals surface area contributed by atoms with E-state index in [1.165, 1.54) is 103 Å². The molecule has 11 nitrogen and oxygen atoms in total. The van der Waals surface area contributed by atoms with Gasteiger partial charge in [-0.05, 0) is 105 Å². The molecule has 12 heteroatoms. The molecule has 4 aliphatic carbocycles. The van der Waals surface area contributed by atoms with Gasteiger partial charge in [0.25, 0.3) is 0 Å². The molecule has 12 N–H and O–H groups in total. The van der Waals surface area contributed by atoms with Gasteiger partial charge in [-0.2, -0.15) is 5.10 Å². The summed E-state index contributed by atoms with van der Waals surface area (Å²) in [6, 6.07) is 1.83. The van der Waals surface area contributed by atoms with Crippen molar-refractivity contribution in [2.45, 2.75) is 152 Å². The van der Waals surface area contributed by atoms with Crippen molar-refractivity contribution in [3.05, 3.63) is 18.5 Å². The summed E-state index contributed by atoms with van der Waals surface area (Å²) < 4.78 is 0. The van der Waals surface area contributed by atoms with Gasteiger partial charge in [-0.15, -0.1) is 0 Å². The van der Waals surface area contributed by atoms with Crippen molar-refractivity contribution in [2.75, 3.05) is 0 Å². The van der Waals surface area contributed by atoms with E-state index in [0.29, 0.717) is 49.3 Å². The smallest absolute Gasteiger partial charge is 0.0628 e. The van der Waals surface area contributed by atoms with Gasteiger partial charge in [0, 0.05) is 28.9 Å². The van der Waals surface area contributed by atoms with Crippen LogP contribution in [0.5, 0.6) is 0 Å². The number of fused-ring (bicyclic) bond motifs is 20. The van der Waals surface area contributed by atoms with Gasteiger partial charge in [0.05, 0.1) is 49.3 Å². The molecule has 5 saturated heterocycles. The van der Waals surface area contributed by atoms with Crippen LogP contribution in [0.15, 0.2) is 18.5 Å². The normalized spacial score (nSPS) is 49.9. The van der Waals surface area contributed by atoms with Crippen molar-refractivity contribution in [2.24, 2.45) is 47.3 Å². The van der Waals surface area contributed by atoms with Gasteiger partial charge in [0.1, 0.15) is 0 Å². The number of hydrogen-bond acceptors (Lipinski definition) is 10. The van der Waals surface area contributed by atoms with E-state index in [1.54, 1.807) is 12.4 Å². The number of hydrogen-bond donors (Lipinski definition) is 10. The molecule has 4 saturated carbocycles. The number of nitrogens with one attached hydrogen (secondary N) is 9. The topological polar surface area (TPSA) is 160 Å². The zero-order chi connectivity index (χ0) is 29.7. The second kappa shape index (κ2) is 15.3. The molecule has 0 radical (unpaired) electrons. The molecule has 0 amide bonds. The molecule has 47 heavy (non-hydrogen) atoms. The predicted octanol–water partition coefficient (Wildman–Crippen LogP) is 3.17. The fourth-order valence-electron chi connectivity index (χ4n) is 12.2. The number of H-pyrrole nitrogens is 1. The van der Waals surface area contributed by atoms with Crippen LogP contribution in [0.25, 0.3) is 0 Å². The zero-order valence-electron chi connectivity index (χ0n) is 28.3. The predicted molar refractivity (Wildman–Crippen MR) is 181 cm³/mol. The average Bonchev–Trinajstić information content (AvgIpc) is 3.93. The van der Waals surface area contributed by atoms with Crippen LogP contribution in [-0.2, 0) is 16.5 Å². The van der Waals surface area contributed by atoms with Crippen molar-refractivity contribution >= 4 is 0 Å². The third-order valence-corrected chi connectivity index (χ3v) is 14.2. The molecule has 10 rings (SSSR count). The van der Waals surface area contributed by atoms with Crippen LogP contribution in [0.2, 0.25) is 0 Å². The van der Waals surface area contributed by atoms with Crippen LogP contribution in [0.3, 0.4) is 0 Å². The van der Waals surface area contributed by atoms with Gasteiger partial charge in [-0.25, -0.2) is 0 Å². The maximum atomic E-state index is 4.26. The monoisotopic (exact) mass is 695 g/mol. The summed E-state index contributed by atoms with van der Waals surface area (Å²) in [5.41, 5.74) is 0. The third-order valence-electron chi connectivity index (χ3n) is 14.2. The third kappa shape index (κ3) is 6.75. The Morgan fingerprint density at radius 3 is 0.702 bits per heavy atom. The molecule has 9 fully saturated rings. The largest absolute Gasteiger partial charge is 0.344 e. The molecule has 8 bridgehead atoms. The summed E-state index contributed by atoms with van der Waals surface area (Å²) in [7, 11) is 0. The first-order chi connectivity index (χ1) is 22.3. The summed E-state index contributed by atoms with van der Waals surface area (Å²) in [4.78, 5) is 0. The molecule has 5 aliphatic heterocycles. The van der Waals surface area contributed by atoms with Crippen LogP contribution in [-0.4, -0.2) is 59.5 Å². The average molecular weight is 697 g/mol. The Balaban J connectivity index is 0.000000462. The fraction of sp³-hybridized carbons (Fsp3) is 0.914. The van der Waals surface area contributed by atoms with Crippen molar-refractivity contribution in [1.82, 2.24) is 58.9 Å². The van der Waals surface area contributed by atoms with Crippen LogP contribution < -0.4 is 48.7 Å². The Morgan fingerprint density at radius 2 is 0.574 bits per heavy atom. The van der Waals surface area contributed by atoms with E-state index in [9.17, 15) is 0 Å². The molecule has 0 spiro atoms.